The van der Waals surface area contributed by atoms with E-state index in [0.717, 1.165) is 13.1 Å². The Kier molecular flexibility index (Phi) is 3.81. The lowest BCUT2D eigenvalue weighted by atomic mass is 10.3. The van der Waals surface area contributed by atoms with E-state index in [-0.39, 0.29) is 5.69 Å². The summed E-state index contributed by atoms with van der Waals surface area (Å²) < 4.78 is 7.88. The highest BCUT2D eigenvalue weighted by Gasteiger charge is 2.18. The molecule has 7 nitrogen and oxygen atoms in total. The molecule has 1 aromatic carbocycles. The minimum Gasteiger partial charge on any atom is -0.370 e. The van der Waals surface area contributed by atoms with Crippen molar-refractivity contribution in [2.45, 2.75) is 6.67 Å². The van der Waals surface area contributed by atoms with Gasteiger partial charge < -0.3 is 9.64 Å². The summed E-state index contributed by atoms with van der Waals surface area (Å²) in [5.74, 6) is 0. The first-order chi connectivity index (χ1) is 9.75. The first-order valence-corrected chi connectivity index (χ1v) is 6.82. The zero-order valence-corrected chi connectivity index (χ0v) is 11.6. The van der Waals surface area contributed by atoms with Crippen LogP contribution in [0.3, 0.4) is 0 Å². The molecule has 1 aliphatic rings. The molecule has 1 aliphatic heterocycles. The summed E-state index contributed by atoms with van der Waals surface area (Å²) in [6.07, 6.45) is 0. The smallest absolute Gasteiger partial charge is 0.370 e. The van der Waals surface area contributed by atoms with Gasteiger partial charge in [0, 0.05) is 0 Å². The largest absolute Gasteiger partial charge is 0.373 e. The quantitative estimate of drug-likeness (QED) is 0.785. The molecule has 1 fully saturated rings. The summed E-state index contributed by atoms with van der Waals surface area (Å²) in [5, 5.41) is 8.30. The van der Waals surface area contributed by atoms with Crippen molar-refractivity contribution < 1.29 is 9.64 Å². The van der Waals surface area contributed by atoms with E-state index in [1.54, 1.807) is 24.3 Å². The fourth-order valence-electron chi connectivity index (χ4n) is 2.18. The second-order valence-corrected chi connectivity index (χ2v) is 5.05. The second kappa shape index (κ2) is 5.74. The SMILES string of the molecule is O=c1n(C[NH+]2CCOCC2)nnn1-c1ccccc1Cl. The van der Waals surface area contributed by atoms with E-state index in [1.807, 2.05) is 0 Å². The van der Waals surface area contributed by atoms with Gasteiger partial charge in [0.2, 0.25) is 0 Å². The van der Waals surface area contributed by atoms with Crippen molar-refractivity contribution in [3.8, 4) is 5.69 Å². The number of quaternary nitrogens is 1. The van der Waals surface area contributed by atoms with Crippen LogP contribution in [0.2, 0.25) is 5.02 Å². The zero-order valence-electron chi connectivity index (χ0n) is 10.8. The summed E-state index contributed by atoms with van der Waals surface area (Å²) in [7, 11) is 0. The molecule has 2 aromatic rings. The average molecular weight is 297 g/mol. The van der Waals surface area contributed by atoms with Crippen molar-refractivity contribution in [1.82, 2.24) is 19.8 Å². The van der Waals surface area contributed by atoms with Crippen LogP contribution in [0.1, 0.15) is 0 Å². The first-order valence-electron chi connectivity index (χ1n) is 6.45. The third kappa shape index (κ3) is 2.60. The molecule has 0 bridgehead atoms. The molecular formula is C12H15ClN5O2+. The Labute approximate surface area is 120 Å². The normalized spacial score (nSPS) is 16.4. The minimum absolute atomic E-state index is 0.280. The number of morpholine rings is 1. The molecule has 8 heteroatoms. The molecule has 0 spiro atoms. The lowest BCUT2D eigenvalue weighted by molar-refractivity contribution is -0.931. The Morgan fingerprint density at radius 1 is 1.25 bits per heavy atom. The number of benzene rings is 1. The Hall–Kier alpha value is -1.70. The minimum atomic E-state index is -0.280. The van der Waals surface area contributed by atoms with Crippen molar-refractivity contribution in [3.63, 3.8) is 0 Å². The van der Waals surface area contributed by atoms with Gasteiger partial charge in [-0.25, -0.2) is 4.79 Å². The van der Waals surface area contributed by atoms with Crippen LogP contribution < -0.4 is 10.6 Å². The highest BCUT2D eigenvalue weighted by atomic mass is 35.5. The van der Waals surface area contributed by atoms with Gasteiger partial charge in [0.05, 0.1) is 23.9 Å². The third-order valence-corrected chi connectivity index (χ3v) is 3.61. The Morgan fingerprint density at radius 3 is 2.75 bits per heavy atom. The molecule has 1 saturated heterocycles. The fraction of sp³-hybridized carbons (Fsp3) is 0.417. The van der Waals surface area contributed by atoms with Crippen molar-refractivity contribution in [1.29, 1.82) is 0 Å². The summed E-state index contributed by atoms with van der Waals surface area (Å²) in [5.41, 5.74) is 0.263. The molecule has 0 amide bonds. The maximum absolute atomic E-state index is 12.3. The van der Waals surface area contributed by atoms with Gasteiger partial charge in [-0.15, -0.1) is 4.68 Å². The topological polar surface area (TPSA) is 66.4 Å². The summed E-state index contributed by atoms with van der Waals surface area (Å²) in [6.45, 7) is 3.65. The molecule has 106 valence electrons. The molecule has 0 unspecified atom stereocenters. The van der Waals surface area contributed by atoms with Gasteiger partial charge in [-0.1, -0.05) is 23.7 Å². The maximum atomic E-state index is 12.3. The van der Waals surface area contributed by atoms with Gasteiger partial charge in [-0.3, -0.25) is 0 Å². The van der Waals surface area contributed by atoms with Crippen LogP contribution in [0.25, 0.3) is 5.69 Å². The molecule has 0 saturated carbocycles. The molecule has 0 radical (unpaired) electrons. The number of rotatable bonds is 3. The van der Waals surface area contributed by atoms with Gasteiger partial charge >= 0.3 is 5.69 Å². The molecule has 0 atom stereocenters. The highest BCUT2D eigenvalue weighted by Crippen LogP contribution is 2.16. The lowest BCUT2D eigenvalue weighted by Crippen LogP contribution is -3.13. The van der Waals surface area contributed by atoms with E-state index in [1.165, 1.54) is 14.3 Å². The van der Waals surface area contributed by atoms with Crippen LogP contribution in [-0.4, -0.2) is 46.1 Å². The number of hydrogen-bond donors (Lipinski definition) is 1. The van der Waals surface area contributed by atoms with Crippen LogP contribution in [0.5, 0.6) is 0 Å². The van der Waals surface area contributed by atoms with Crippen molar-refractivity contribution in [2.24, 2.45) is 0 Å². The number of halogens is 1. The fourth-order valence-corrected chi connectivity index (χ4v) is 2.39. The average Bonchev–Trinajstić information content (AvgIpc) is 2.82. The van der Waals surface area contributed by atoms with Crippen LogP contribution in [0.15, 0.2) is 29.1 Å². The van der Waals surface area contributed by atoms with Crippen molar-refractivity contribution >= 4 is 11.6 Å². The number of hydrogen-bond acceptors (Lipinski definition) is 4. The number of ether oxygens (including phenoxy) is 1. The van der Waals surface area contributed by atoms with E-state index in [4.69, 9.17) is 16.3 Å². The first kappa shape index (κ1) is 13.3. The molecular weight excluding hydrogens is 282 g/mol. The number of tetrazole rings is 1. The van der Waals surface area contributed by atoms with Gasteiger partial charge in [-0.05, 0) is 22.6 Å². The van der Waals surface area contributed by atoms with Gasteiger partial charge in [0.25, 0.3) is 0 Å². The summed E-state index contributed by atoms with van der Waals surface area (Å²) in [6, 6.07) is 7.07. The van der Waals surface area contributed by atoms with E-state index >= 15 is 0 Å². The molecule has 1 aromatic heterocycles. The van der Waals surface area contributed by atoms with Crippen molar-refractivity contribution in [3.05, 3.63) is 39.8 Å². The third-order valence-electron chi connectivity index (χ3n) is 3.29. The monoisotopic (exact) mass is 296 g/mol. The highest BCUT2D eigenvalue weighted by molar-refractivity contribution is 6.32. The number of nitrogens with one attached hydrogen (secondary N) is 1. The van der Waals surface area contributed by atoms with E-state index in [0.29, 0.717) is 30.6 Å². The molecule has 1 N–H and O–H groups in total. The Balaban J connectivity index is 1.85. The molecule has 2 heterocycles. The predicted molar refractivity (Wildman–Crippen MR) is 72.1 cm³/mol. The maximum Gasteiger partial charge on any atom is 0.373 e. The van der Waals surface area contributed by atoms with E-state index in [9.17, 15) is 4.79 Å². The summed E-state index contributed by atoms with van der Waals surface area (Å²) in [4.78, 5) is 13.5. The Bertz CT molecular complexity index is 647. The van der Waals surface area contributed by atoms with Gasteiger partial charge in [0.1, 0.15) is 13.1 Å². The van der Waals surface area contributed by atoms with Crippen LogP contribution in [0.4, 0.5) is 0 Å². The lowest BCUT2D eigenvalue weighted by Gasteiger charge is -2.22. The summed E-state index contributed by atoms with van der Waals surface area (Å²) >= 11 is 6.07. The van der Waals surface area contributed by atoms with Crippen molar-refractivity contribution in [2.75, 3.05) is 26.3 Å². The van der Waals surface area contributed by atoms with Gasteiger partial charge in [-0.2, -0.15) is 4.68 Å². The van der Waals surface area contributed by atoms with Crippen LogP contribution in [-0.2, 0) is 11.4 Å². The number of aromatic nitrogens is 4. The van der Waals surface area contributed by atoms with E-state index in [2.05, 4.69) is 10.4 Å². The van der Waals surface area contributed by atoms with Crippen LogP contribution >= 0.6 is 11.6 Å². The second-order valence-electron chi connectivity index (χ2n) is 4.64. The predicted octanol–water partition coefficient (Wildman–Crippen LogP) is -1.04. The number of nitrogens with zero attached hydrogens (tertiary/aromatic N) is 4. The van der Waals surface area contributed by atoms with Crippen LogP contribution in [0, 0.1) is 0 Å². The van der Waals surface area contributed by atoms with Gasteiger partial charge in [0.15, 0.2) is 6.67 Å². The molecule has 0 aliphatic carbocycles. The standard InChI is InChI=1S/C12H14ClN5O2/c13-10-3-1-2-4-11(10)18-12(19)17(14-15-18)9-16-5-7-20-8-6-16/h1-4H,5-9H2/p+1. The van der Waals surface area contributed by atoms with E-state index < -0.39 is 0 Å². The molecule has 20 heavy (non-hydrogen) atoms. The zero-order chi connectivity index (χ0) is 13.9. The molecule has 3 rings (SSSR count). The number of para-hydroxylation sites is 1. The Morgan fingerprint density at radius 2 is 2.00 bits per heavy atom.